The Kier molecular flexibility index (Phi) is 5.40. The van der Waals surface area contributed by atoms with Gasteiger partial charge in [0.2, 0.25) is 0 Å². The minimum absolute atomic E-state index is 0.522. The summed E-state index contributed by atoms with van der Waals surface area (Å²) in [6, 6.07) is 6.32. The number of hydrogen-bond donors (Lipinski definition) is 1. The van der Waals surface area contributed by atoms with Crippen molar-refractivity contribution in [3.63, 3.8) is 0 Å². The van der Waals surface area contributed by atoms with Crippen LogP contribution >= 0.6 is 0 Å². The van der Waals surface area contributed by atoms with Gasteiger partial charge in [0, 0.05) is 31.7 Å². The van der Waals surface area contributed by atoms with E-state index in [1.54, 1.807) is 7.11 Å². The lowest BCUT2D eigenvalue weighted by atomic mass is 10.1. The number of nitrogens with zero attached hydrogens (tertiary/aromatic N) is 2. The zero-order valence-corrected chi connectivity index (χ0v) is 12.9. The molecule has 1 aromatic rings. The van der Waals surface area contributed by atoms with Gasteiger partial charge in [-0.15, -0.1) is 0 Å². The molecule has 0 aromatic heterocycles. The van der Waals surface area contributed by atoms with Gasteiger partial charge in [-0.25, -0.2) is 0 Å². The average Bonchev–Trinajstić information content (AvgIpc) is 2.83. The molecule has 1 aromatic carbocycles. The van der Waals surface area contributed by atoms with Crippen molar-refractivity contribution in [2.24, 2.45) is 11.7 Å². The zero-order valence-electron chi connectivity index (χ0n) is 12.9. The molecule has 20 heavy (non-hydrogen) atoms. The minimum atomic E-state index is 0.522. The van der Waals surface area contributed by atoms with Gasteiger partial charge >= 0.3 is 0 Å². The first kappa shape index (κ1) is 15.3. The second kappa shape index (κ2) is 7.07. The fraction of sp³-hybridized carbons (Fsp3) is 0.625. The number of likely N-dealkylation sites (tertiary alicyclic amines) is 1. The molecule has 1 heterocycles. The lowest BCUT2D eigenvalue weighted by Crippen LogP contribution is -2.27. The zero-order chi connectivity index (χ0) is 14.5. The maximum atomic E-state index is 5.77. The highest BCUT2D eigenvalue weighted by atomic mass is 16.5. The van der Waals surface area contributed by atoms with Crippen LogP contribution in [0.3, 0.4) is 0 Å². The summed E-state index contributed by atoms with van der Waals surface area (Å²) in [6.45, 7) is 5.11. The molecule has 1 aliphatic heterocycles. The normalized spacial score (nSPS) is 19.8. The summed E-state index contributed by atoms with van der Waals surface area (Å²) in [5.41, 5.74) is 8.16. The molecule has 0 spiro atoms. The van der Waals surface area contributed by atoms with E-state index in [0.717, 1.165) is 30.3 Å². The van der Waals surface area contributed by atoms with Crippen LogP contribution in [-0.4, -0.2) is 50.6 Å². The lowest BCUT2D eigenvalue weighted by Gasteiger charge is -2.21. The third-order valence-electron chi connectivity index (χ3n) is 4.08. The highest BCUT2D eigenvalue weighted by Crippen LogP contribution is 2.21. The topological polar surface area (TPSA) is 41.7 Å². The molecule has 1 saturated heterocycles. The van der Waals surface area contributed by atoms with Gasteiger partial charge in [0.15, 0.2) is 0 Å². The lowest BCUT2D eigenvalue weighted by molar-refractivity contribution is 0.267. The van der Waals surface area contributed by atoms with E-state index in [4.69, 9.17) is 10.5 Å². The standard InChI is InChI=1S/C16H27N3O/c1-18-7-6-14(11-18)12-19(2)10-13-4-5-16(20-3)15(8-13)9-17/h4-5,8,14H,6-7,9-12,17H2,1-3H3. The van der Waals surface area contributed by atoms with Gasteiger partial charge in [-0.05, 0) is 50.7 Å². The summed E-state index contributed by atoms with van der Waals surface area (Å²) in [6.07, 6.45) is 1.32. The van der Waals surface area contributed by atoms with Crippen molar-refractivity contribution in [2.75, 3.05) is 40.8 Å². The summed E-state index contributed by atoms with van der Waals surface area (Å²) in [5, 5.41) is 0. The molecule has 0 amide bonds. The van der Waals surface area contributed by atoms with Crippen molar-refractivity contribution < 1.29 is 4.74 Å². The number of hydrogen-bond acceptors (Lipinski definition) is 4. The number of ether oxygens (including phenoxy) is 1. The maximum absolute atomic E-state index is 5.77. The molecular formula is C16H27N3O. The summed E-state index contributed by atoms with van der Waals surface area (Å²) in [5.74, 6) is 1.69. The van der Waals surface area contributed by atoms with Crippen LogP contribution < -0.4 is 10.5 Å². The first-order chi connectivity index (χ1) is 9.62. The van der Waals surface area contributed by atoms with Crippen LogP contribution in [0.25, 0.3) is 0 Å². The quantitative estimate of drug-likeness (QED) is 0.856. The SMILES string of the molecule is COc1ccc(CN(C)CC2CCN(C)C2)cc1CN. The predicted molar refractivity (Wildman–Crippen MR) is 82.8 cm³/mol. The summed E-state index contributed by atoms with van der Waals surface area (Å²) >= 11 is 0. The van der Waals surface area contributed by atoms with Gasteiger partial charge in [-0.3, -0.25) is 0 Å². The Morgan fingerprint density at radius 1 is 1.45 bits per heavy atom. The van der Waals surface area contributed by atoms with Gasteiger partial charge in [0.25, 0.3) is 0 Å². The molecule has 4 heteroatoms. The Bertz CT molecular complexity index is 436. The first-order valence-electron chi connectivity index (χ1n) is 7.35. The Balaban J connectivity index is 1.92. The molecule has 0 saturated carbocycles. The summed E-state index contributed by atoms with van der Waals surface area (Å²) < 4.78 is 5.32. The van der Waals surface area contributed by atoms with E-state index in [9.17, 15) is 0 Å². The van der Waals surface area contributed by atoms with E-state index < -0.39 is 0 Å². The van der Waals surface area contributed by atoms with E-state index in [1.807, 2.05) is 6.07 Å². The van der Waals surface area contributed by atoms with Gasteiger partial charge in [0.05, 0.1) is 7.11 Å². The van der Waals surface area contributed by atoms with Crippen LogP contribution in [0.15, 0.2) is 18.2 Å². The van der Waals surface area contributed by atoms with Crippen molar-refractivity contribution >= 4 is 0 Å². The van der Waals surface area contributed by atoms with Gasteiger partial charge in [0.1, 0.15) is 5.75 Å². The molecule has 0 radical (unpaired) electrons. The smallest absolute Gasteiger partial charge is 0.123 e. The highest BCUT2D eigenvalue weighted by molar-refractivity contribution is 5.37. The second-order valence-electron chi connectivity index (χ2n) is 5.96. The molecular weight excluding hydrogens is 250 g/mol. The van der Waals surface area contributed by atoms with Gasteiger partial charge in [-0.2, -0.15) is 0 Å². The van der Waals surface area contributed by atoms with Crippen LogP contribution in [0.2, 0.25) is 0 Å². The van der Waals surface area contributed by atoms with Crippen LogP contribution in [0.4, 0.5) is 0 Å². The van der Waals surface area contributed by atoms with Crippen LogP contribution in [0, 0.1) is 5.92 Å². The first-order valence-corrected chi connectivity index (χ1v) is 7.35. The van der Waals surface area contributed by atoms with Crippen molar-refractivity contribution in [1.29, 1.82) is 0 Å². The third-order valence-corrected chi connectivity index (χ3v) is 4.08. The van der Waals surface area contributed by atoms with Crippen molar-refractivity contribution in [3.8, 4) is 5.75 Å². The van der Waals surface area contributed by atoms with E-state index in [0.29, 0.717) is 6.54 Å². The Morgan fingerprint density at radius 2 is 2.25 bits per heavy atom. The second-order valence-corrected chi connectivity index (χ2v) is 5.96. The molecule has 0 bridgehead atoms. The van der Waals surface area contributed by atoms with Gasteiger partial charge in [-0.1, -0.05) is 6.07 Å². The molecule has 2 N–H and O–H groups in total. The van der Waals surface area contributed by atoms with E-state index in [-0.39, 0.29) is 0 Å². The molecule has 1 unspecified atom stereocenters. The fourth-order valence-electron chi connectivity index (χ4n) is 3.08. The van der Waals surface area contributed by atoms with Gasteiger partial charge < -0.3 is 20.3 Å². The average molecular weight is 277 g/mol. The molecule has 2 rings (SSSR count). The van der Waals surface area contributed by atoms with E-state index in [1.165, 1.54) is 25.1 Å². The van der Waals surface area contributed by atoms with Crippen LogP contribution in [0.5, 0.6) is 5.75 Å². The van der Waals surface area contributed by atoms with Crippen molar-refractivity contribution in [3.05, 3.63) is 29.3 Å². The number of nitrogens with two attached hydrogens (primary N) is 1. The summed E-state index contributed by atoms with van der Waals surface area (Å²) in [7, 11) is 6.10. The molecule has 1 atom stereocenters. The van der Waals surface area contributed by atoms with Crippen molar-refractivity contribution in [2.45, 2.75) is 19.5 Å². The Labute approximate surface area is 122 Å². The largest absolute Gasteiger partial charge is 0.496 e. The molecule has 1 fully saturated rings. The number of benzene rings is 1. The monoisotopic (exact) mass is 277 g/mol. The van der Waals surface area contributed by atoms with E-state index >= 15 is 0 Å². The highest BCUT2D eigenvalue weighted by Gasteiger charge is 2.20. The summed E-state index contributed by atoms with van der Waals surface area (Å²) in [4.78, 5) is 4.82. The molecule has 1 aliphatic rings. The maximum Gasteiger partial charge on any atom is 0.123 e. The van der Waals surface area contributed by atoms with Crippen molar-refractivity contribution in [1.82, 2.24) is 9.80 Å². The third kappa shape index (κ3) is 3.95. The van der Waals surface area contributed by atoms with E-state index in [2.05, 4.69) is 36.0 Å². The fourth-order valence-corrected chi connectivity index (χ4v) is 3.08. The number of methoxy groups -OCH3 is 1. The Hall–Kier alpha value is -1.10. The Morgan fingerprint density at radius 3 is 2.85 bits per heavy atom. The molecule has 4 nitrogen and oxygen atoms in total. The molecule has 0 aliphatic carbocycles. The van der Waals surface area contributed by atoms with Crippen LogP contribution in [-0.2, 0) is 13.1 Å². The number of rotatable bonds is 6. The predicted octanol–water partition coefficient (Wildman–Crippen LogP) is 1.54. The molecule has 112 valence electrons. The minimum Gasteiger partial charge on any atom is -0.496 e. The van der Waals surface area contributed by atoms with Crippen LogP contribution in [0.1, 0.15) is 17.5 Å².